The van der Waals surface area contributed by atoms with Gasteiger partial charge in [-0.25, -0.2) is 9.97 Å². The van der Waals surface area contributed by atoms with Crippen molar-refractivity contribution in [2.75, 3.05) is 5.32 Å². The lowest BCUT2D eigenvalue weighted by atomic mass is 10.0. The van der Waals surface area contributed by atoms with E-state index in [4.69, 9.17) is 11.6 Å². The van der Waals surface area contributed by atoms with Crippen molar-refractivity contribution in [1.29, 1.82) is 0 Å². The summed E-state index contributed by atoms with van der Waals surface area (Å²) in [6.07, 6.45) is 5.13. The Labute approximate surface area is 189 Å². The van der Waals surface area contributed by atoms with E-state index >= 15 is 0 Å². The molecule has 0 unspecified atom stereocenters. The Kier molecular flexibility index (Phi) is 5.32. The zero-order valence-electron chi connectivity index (χ0n) is 16.9. The molecule has 1 amide bonds. The molecule has 6 heteroatoms. The molecule has 0 atom stereocenters. The molecule has 5 nitrogen and oxygen atoms in total. The minimum atomic E-state index is -0.218. The standard InChI is InChI=1S/C26H17ClN4O/c27-23-11-10-20(16-22(23)24-21-5-2-1-4-17(21)12-15-28-24)31-26(32)19-8-6-18(7-9-19)25-29-13-3-14-30-25/h1-16H,(H,31,32). The SMILES string of the molecule is O=C(Nc1ccc(Cl)c(-c2nccc3ccccc23)c1)c1ccc(-c2ncccn2)cc1. The van der Waals surface area contributed by atoms with Gasteiger partial charge in [0.2, 0.25) is 0 Å². The Balaban J connectivity index is 1.42. The molecule has 0 aliphatic carbocycles. The third-order valence-corrected chi connectivity index (χ3v) is 5.45. The highest BCUT2D eigenvalue weighted by Gasteiger charge is 2.12. The van der Waals surface area contributed by atoms with E-state index in [0.717, 1.165) is 27.6 Å². The van der Waals surface area contributed by atoms with Crippen molar-refractivity contribution in [2.24, 2.45) is 0 Å². The van der Waals surface area contributed by atoms with Crippen LogP contribution in [0.3, 0.4) is 0 Å². The number of carbonyl (C=O) groups is 1. The first-order valence-electron chi connectivity index (χ1n) is 10.0. The van der Waals surface area contributed by atoms with Gasteiger partial charge in [-0.15, -0.1) is 0 Å². The highest BCUT2D eigenvalue weighted by Crippen LogP contribution is 2.33. The zero-order valence-corrected chi connectivity index (χ0v) is 17.6. The van der Waals surface area contributed by atoms with Crippen LogP contribution in [0.25, 0.3) is 33.4 Å². The normalized spacial score (nSPS) is 10.8. The number of benzene rings is 3. The smallest absolute Gasteiger partial charge is 0.255 e. The summed E-state index contributed by atoms with van der Waals surface area (Å²) >= 11 is 6.50. The van der Waals surface area contributed by atoms with E-state index in [1.807, 2.05) is 48.5 Å². The van der Waals surface area contributed by atoms with Crippen molar-refractivity contribution in [2.45, 2.75) is 0 Å². The van der Waals surface area contributed by atoms with E-state index in [2.05, 4.69) is 20.3 Å². The predicted molar refractivity (Wildman–Crippen MR) is 128 cm³/mol. The quantitative estimate of drug-likeness (QED) is 0.360. The Morgan fingerprint density at radius 1 is 0.781 bits per heavy atom. The maximum absolute atomic E-state index is 12.8. The van der Waals surface area contributed by atoms with Gasteiger partial charge in [0.15, 0.2) is 5.82 Å². The maximum atomic E-state index is 12.8. The first-order valence-corrected chi connectivity index (χ1v) is 10.4. The van der Waals surface area contributed by atoms with Crippen LogP contribution >= 0.6 is 11.6 Å². The van der Waals surface area contributed by atoms with E-state index in [9.17, 15) is 4.79 Å². The van der Waals surface area contributed by atoms with Crippen LogP contribution in [0.5, 0.6) is 0 Å². The average molecular weight is 437 g/mol. The fourth-order valence-electron chi connectivity index (χ4n) is 3.54. The van der Waals surface area contributed by atoms with Crippen molar-refractivity contribution in [3.63, 3.8) is 0 Å². The van der Waals surface area contributed by atoms with Crippen LogP contribution in [0.1, 0.15) is 10.4 Å². The monoisotopic (exact) mass is 436 g/mol. The topological polar surface area (TPSA) is 67.8 Å². The highest BCUT2D eigenvalue weighted by atomic mass is 35.5. The van der Waals surface area contributed by atoms with E-state index in [0.29, 0.717) is 22.1 Å². The maximum Gasteiger partial charge on any atom is 0.255 e. The first kappa shape index (κ1) is 19.8. The third-order valence-electron chi connectivity index (χ3n) is 5.12. The van der Waals surface area contributed by atoms with Crippen LogP contribution in [0, 0.1) is 0 Å². The van der Waals surface area contributed by atoms with Crippen LogP contribution < -0.4 is 5.32 Å². The lowest BCUT2D eigenvalue weighted by molar-refractivity contribution is 0.102. The number of carbonyl (C=O) groups excluding carboxylic acids is 1. The van der Waals surface area contributed by atoms with Gasteiger partial charge in [-0.1, -0.05) is 48.0 Å². The molecule has 0 radical (unpaired) electrons. The lowest BCUT2D eigenvalue weighted by Gasteiger charge is -2.11. The fraction of sp³-hybridized carbons (Fsp3) is 0. The summed E-state index contributed by atoms with van der Waals surface area (Å²) in [4.78, 5) is 25.8. The van der Waals surface area contributed by atoms with Crippen molar-refractivity contribution in [3.05, 3.63) is 108 Å². The summed E-state index contributed by atoms with van der Waals surface area (Å²) in [6, 6.07) is 24.3. The molecule has 1 N–H and O–H groups in total. The van der Waals surface area contributed by atoms with Crippen molar-refractivity contribution < 1.29 is 4.79 Å². The van der Waals surface area contributed by atoms with Gasteiger partial charge in [0.25, 0.3) is 5.91 Å². The molecule has 3 aromatic carbocycles. The number of nitrogens with one attached hydrogen (secondary N) is 1. The van der Waals surface area contributed by atoms with Crippen molar-refractivity contribution in [1.82, 2.24) is 15.0 Å². The highest BCUT2D eigenvalue weighted by molar-refractivity contribution is 6.33. The molecule has 0 aliphatic rings. The molecule has 0 aliphatic heterocycles. The molecule has 5 aromatic rings. The summed E-state index contributed by atoms with van der Waals surface area (Å²) in [5.74, 6) is 0.397. The van der Waals surface area contributed by atoms with Crippen molar-refractivity contribution in [3.8, 4) is 22.6 Å². The molecule has 0 spiro atoms. The summed E-state index contributed by atoms with van der Waals surface area (Å²) in [5.41, 5.74) is 3.55. The van der Waals surface area contributed by atoms with E-state index in [1.54, 1.807) is 48.9 Å². The van der Waals surface area contributed by atoms with Gasteiger partial charge in [-0.05, 0) is 47.9 Å². The van der Waals surface area contributed by atoms with Crippen LogP contribution in [-0.4, -0.2) is 20.9 Å². The number of rotatable bonds is 4. The average Bonchev–Trinajstić information content (AvgIpc) is 2.85. The van der Waals surface area contributed by atoms with E-state index in [1.165, 1.54) is 0 Å². The van der Waals surface area contributed by atoms with E-state index < -0.39 is 0 Å². The summed E-state index contributed by atoms with van der Waals surface area (Å²) in [6.45, 7) is 0. The number of hydrogen-bond acceptors (Lipinski definition) is 4. The number of halogens is 1. The van der Waals surface area contributed by atoms with Gasteiger partial charge in [0.1, 0.15) is 0 Å². The second kappa shape index (κ2) is 8.57. The molecule has 0 saturated heterocycles. The third kappa shape index (κ3) is 3.94. The number of anilines is 1. The molecular formula is C26H17ClN4O. The molecule has 2 aromatic heterocycles. The molecule has 5 rings (SSSR count). The minimum absolute atomic E-state index is 0.218. The minimum Gasteiger partial charge on any atom is -0.322 e. The number of nitrogens with zero attached hydrogens (tertiary/aromatic N) is 3. The second-order valence-electron chi connectivity index (χ2n) is 7.18. The van der Waals surface area contributed by atoms with Gasteiger partial charge in [0, 0.05) is 46.4 Å². The summed E-state index contributed by atoms with van der Waals surface area (Å²) in [7, 11) is 0. The molecule has 0 saturated carbocycles. The zero-order chi connectivity index (χ0) is 21.9. The molecule has 2 heterocycles. The summed E-state index contributed by atoms with van der Waals surface area (Å²) < 4.78 is 0. The van der Waals surface area contributed by atoms with Gasteiger partial charge in [-0.2, -0.15) is 0 Å². The Hall–Kier alpha value is -4.09. The predicted octanol–water partition coefficient (Wildman–Crippen LogP) is 6.26. The number of hydrogen-bond donors (Lipinski definition) is 1. The number of fused-ring (bicyclic) bond motifs is 1. The van der Waals surface area contributed by atoms with Crippen LogP contribution in [-0.2, 0) is 0 Å². The molecule has 154 valence electrons. The van der Waals surface area contributed by atoms with Crippen molar-refractivity contribution >= 4 is 34.0 Å². The molecule has 32 heavy (non-hydrogen) atoms. The lowest BCUT2D eigenvalue weighted by Crippen LogP contribution is -2.11. The molecule has 0 fully saturated rings. The second-order valence-corrected chi connectivity index (χ2v) is 7.59. The molecular weight excluding hydrogens is 420 g/mol. The number of amides is 1. The number of pyridine rings is 1. The van der Waals surface area contributed by atoms with Gasteiger partial charge < -0.3 is 5.32 Å². The summed E-state index contributed by atoms with van der Waals surface area (Å²) in [5, 5.41) is 5.59. The van der Waals surface area contributed by atoms with E-state index in [-0.39, 0.29) is 5.91 Å². The van der Waals surface area contributed by atoms with Gasteiger partial charge in [0.05, 0.1) is 10.7 Å². The fourth-order valence-corrected chi connectivity index (χ4v) is 3.75. The Bertz CT molecular complexity index is 1410. The Morgan fingerprint density at radius 2 is 1.56 bits per heavy atom. The van der Waals surface area contributed by atoms with Crippen LogP contribution in [0.15, 0.2) is 97.5 Å². The largest absolute Gasteiger partial charge is 0.322 e. The van der Waals surface area contributed by atoms with Crippen LogP contribution in [0.4, 0.5) is 5.69 Å². The molecule has 0 bridgehead atoms. The Morgan fingerprint density at radius 3 is 2.38 bits per heavy atom. The first-order chi connectivity index (χ1) is 15.7. The van der Waals surface area contributed by atoms with Gasteiger partial charge in [-0.3, -0.25) is 9.78 Å². The number of aromatic nitrogens is 3. The van der Waals surface area contributed by atoms with Crippen LogP contribution in [0.2, 0.25) is 5.02 Å². The van der Waals surface area contributed by atoms with Gasteiger partial charge >= 0.3 is 0 Å².